The minimum absolute atomic E-state index is 0.0486. The highest BCUT2D eigenvalue weighted by molar-refractivity contribution is 5.75. The summed E-state index contributed by atoms with van der Waals surface area (Å²) >= 11 is 0. The van der Waals surface area contributed by atoms with Gasteiger partial charge in [-0.25, -0.2) is 4.79 Å². The van der Waals surface area contributed by atoms with E-state index in [-0.39, 0.29) is 23.5 Å². The van der Waals surface area contributed by atoms with Crippen molar-refractivity contribution in [3.05, 3.63) is 29.7 Å². The summed E-state index contributed by atoms with van der Waals surface area (Å²) in [6.45, 7) is 8.65. The number of nitrogens with one attached hydrogen (secondary N) is 2. The van der Waals surface area contributed by atoms with Gasteiger partial charge in [-0.15, -0.1) is 0 Å². The predicted molar refractivity (Wildman–Crippen MR) is 91.8 cm³/mol. The zero-order valence-corrected chi connectivity index (χ0v) is 15.2. The van der Waals surface area contributed by atoms with Crippen LogP contribution in [-0.4, -0.2) is 37.8 Å². The molecule has 136 valence electrons. The second-order valence-corrected chi connectivity index (χ2v) is 7.61. The molecule has 2 amide bonds. The standard InChI is InChI=1S/C17H26N6O2/c1-11(14-21-15(22-25-14)17(2,3)4)20-16(24)23-8-6-5-7-13(23)12-9-18-19-10-12/h9-11,13H,5-8H2,1-4H3,(H,18,19)(H,20,24)/t11-,13-/m1/s1. The van der Waals surface area contributed by atoms with E-state index in [4.69, 9.17) is 4.52 Å². The average Bonchev–Trinajstić information content (AvgIpc) is 3.26. The number of carbonyl (C=O) groups is 1. The number of nitrogens with zero attached hydrogens (tertiary/aromatic N) is 4. The van der Waals surface area contributed by atoms with Crippen LogP contribution in [-0.2, 0) is 5.41 Å². The summed E-state index contributed by atoms with van der Waals surface area (Å²) in [5.74, 6) is 1.06. The number of urea groups is 1. The van der Waals surface area contributed by atoms with Crippen LogP contribution in [0.2, 0.25) is 0 Å². The Kier molecular flexibility index (Phi) is 4.78. The van der Waals surface area contributed by atoms with Crippen LogP contribution in [0.5, 0.6) is 0 Å². The molecular weight excluding hydrogens is 320 g/mol. The molecule has 2 aromatic rings. The number of hydrogen-bond donors (Lipinski definition) is 2. The summed E-state index contributed by atoms with van der Waals surface area (Å²) in [6, 6.07) is -0.413. The topological polar surface area (TPSA) is 99.9 Å². The van der Waals surface area contributed by atoms with Crippen LogP contribution >= 0.6 is 0 Å². The molecule has 25 heavy (non-hydrogen) atoms. The van der Waals surface area contributed by atoms with Gasteiger partial charge in [0, 0.05) is 23.7 Å². The molecule has 2 aromatic heterocycles. The SMILES string of the molecule is C[C@@H](NC(=O)N1CCCC[C@@H]1c1cn[nH]c1)c1nc(C(C)(C)C)no1. The molecule has 2 N–H and O–H groups in total. The van der Waals surface area contributed by atoms with Crippen LogP contribution in [0.1, 0.15) is 76.3 Å². The van der Waals surface area contributed by atoms with Crippen molar-refractivity contribution in [2.24, 2.45) is 0 Å². The summed E-state index contributed by atoms with van der Waals surface area (Å²) in [4.78, 5) is 19.1. The molecule has 8 nitrogen and oxygen atoms in total. The van der Waals surface area contributed by atoms with E-state index in [1.165, 1.54) is 0 Å². The Morgan fingerprint density at radius 2 is 2.24 bits per heavy atom. The first-order chi connectivity index (χ1) is 11.9. The van der Waals surface area contributed by atoms with Crippen molar-refractivity contribution in [2.45, 2.75) is 64.5 Å². The maximum absolute atomic E-state index is 12.8. The number of H-pyrrole nitrogens is 1. The monoisotopic (exact) mass is 346 g/mol. The molecule has 0 saturated carbocycles. The number of rotatable bonds is 3. The molecule has 1 fully saturated rings. The number of aromatic nitrogens is 4. The van der Waals surface area contributed by atoms with Crippen LogP contribution < -0.4 is 5.32 Å². The van der Waals surface area contributed by atoms with Crippen LogP contribution in [0.15, 0.2) is 16.9 Å². The van der Waals surface area contributed by atoms with Gasteiger partial charge in [0.15, 0.2) is 5.82 Å². The fourth-order valence-electron chi connectivity index (χ4n) is 3.01. The molecule has 1 saturated heterocycles. The molecule has 1 aliphatic heterocycles. The Morgan fingerprint density at radius 3 is 2.88 bits per heavy atom. The molecule has 3 rings (SSSR count). The molecule has 2 atom stereocenters. The van der Waals surface area contributed by atoms with E-state index in [1.54, 1.807) is 6.20 Å². The van der Waals surface area contributed by atoms with Gasteiger partial charge in [-0.05, 0) is 26.2 Å². The summed E-state index contributed by atoms with van der Waals surface area (Å²) in [7, 11) is 0. The zero-order valence-electron chi connectivity index (χ0n) is 15.2. The number of amides is 2. The highest BCUT2D eigenvalue weighted by atomic mass is 16.5. The Labute approximate surface area is 147 Å². The van der Waals surface area contributed by atoms with Crippen LogP contribution in [0, 0.1) is 0 Å². The lowest BCUT2D eigenvalue weighted by atomic mass is 9.96. The Bertz CT molecular complexity index is 703. The molecule has 0 radical (unpaired) electrons. The normalized spacial score (nSPS) is 19.7. The van der Waals surface area contributed by atoms with E-state index in [0.717, 1.165) is 31.4 Å². The van der Waals surface area contributed by atoms with E-state index in [2.05, 4.69) is 25.7 Å². The van der Waals surface area contributed by atoms with E-state index in [0.29, 0.717) is 11.7 Å². The molecule has 3 heterocycles. The number of aromatic amines is 1. The van der Waals surface area contributed by atoms with Gasteiger partial charge < -0.3 is 14.7 Å². The summed E-state index contributed by atoms with van der Waals surface area (Å²) in [5.41, 5.74) is 0.848. The first-order valence-electron chi connectivity index (χ1n) is 8.76. The number of hydrogen-bond acceptors (Lipinski definition) is 5. The van der Waals surface area contributed by atoms with Gasteiger partial charge in [0.05, 0.1) is 12.2 Å². The van der Waals surface area contributed by atoms with Crippen molar-refractivity contribution in [1.29, 1.82) is 0 Å². The van der Waals surface area contributed by atoms with E-state index >= 15 is 0 Å². The third-order valence-corrected chi connectivity index (χ3v) is 4.49. The summed E-state index contributed by atoms with van der Waals surface area (Å²) in [5, 5.41) is 13.8. The van der Waals surface area contributed by atoms with Gasteiger partial charge in [-0.1, -0.05) is 25.9 Å². The van der Waals surface area contributed by atoms with Gasteiger partial charge in [0.2, 0.25) is 5.89 Å². The molecule has 0 spiro atoms. The third kappa shape index (κ3) is 3.83. The van der Waals surface area contributed by atoms with Gasteiger partial charge in [0.1, 0.15) is 6.04 Å². The minimum atomic E-state index is -0.344. The fourth-order valence-corrected chi connectivity index (χ4v) is 3.01. The number of piperidine rings is 1. The van der Waals surface area contributed by atoms with Crippen molar-refractivity contribution in [3.63, 3.8) is 0 Å². The lowest BCUT2D eigenvalue weighted by Crippen LogP contribution is -2.45. The van der Waals surface area contributed by atoms with Gasteiger partial charge >= 0.3 is 6.03 Å². The Morgan fingerprint density at radius 1 is 1.44 bits per heavy atom. The first kappa shape index (κ1) is 17.4. The second-order valence-electron chi connectivity index (χ2n) is 7.61. The van der Waals surface area contributed by atoms with Gasteiger partial charge in [-0.3, -0.25) is 5.10 Å². The summed E-state index contributed by atoms with van der Waals surface area (Å²) in [6.07, 6.45) is 6.69. The minimum Gasteiger partial charge on any atom is -0.337 e. The maximum atomic E-state index is 12.8. The lowest BCUT2D eigenvalue weighted by Gasteiger charge is -2.35. The van der Waals surface area contributed by atoms with E-state index < -0.39 is 0 Å². The Hall–Kier alpha value is -2.38. The number of likely N-dealkylation sites (tertiary alicyclic amines) is 1. The van der Waals surface area contributed by atoms with Crippen LogP contribution in [0.4, 0.5) is 4.79 Å². The van der Waals surface area contributed by atoms with Gasteiger partial charge in [-0.2, -0.15) is 10.1 Å². The average molecular weight is 346 g/mol. The lowest BCUT2D eigenvalue weighted by molar-refractivity contribution is 0.147. The fraction of sp³-hybridized carbons (Fsp3) is 0.647. The molecule has 1 aliphatic rings. The first-order valence-corrected chi connectivity index (χ1v) is 8.76. The highest BCUT2D eigenvalue weighted by Crippen LogP contribution is 2.30. The second kappa shape index (κ2) is 6.85. The quantitative estimate of drug-likeness (QED) is 0.889. The molecule has 0 unspecified atom stereocenters. The predicted octanol–water partition coefficient (Wildman–Crippen LogP) is 3.09. The third-order valence-electron chi connectivity index (χ3n) is 4.49. The molecule has 0 aromatic carbocycles. The van der Waals surface area contributed by atoms with Crippen molar-refractivity contribution >= 4 is 6.03 Å². The molecule has 0 bridgehead atoms. The maximum Gasteiger partial charge on any atom is 0.318 e. The summed E-state index contributed by atoms with van der Waals surface area (Å²) < 4.78 is 5.33. The van der Waals surface area contributed by atoms with Crippen molar-refractivity contribution in [3.8, 4) is 0 Å². The smallest absolute Gasteiger partial charge is 0.318 e. The highest BCUT2D eigenvalue weighted by Gasteiger charge is 2.30. The van der Waals surface area contributed by atoms with Crippen LogP contribution in [0.25, 0.3) is 0 Å². The van der Waals surface area contributed by atoms with Crippen LogP contribution in [0.3, 0.4) is 0 Å². The molecular formula is C17H26N6O2. The molecule has 0 aliphatic carbocycles. The molecule has 8 heteroatoms. The van der Waals surface area contributed by atoms with Crippen molar-refractivity contribution < 1.29 is 9.32 Å². The van der Waals surface area contributed by atoms with E-state index in [9.17, 15) is 4.79 Å². The van der Waals surface area contributed by atoms with Crippen molar-refractivity contribution in [2.75, 3.05) is 6.54 Å². The Balaban J connectivity index is 1.69. The zero-order chi connectivity index (χ0) is 18.0. The van der Waals surface area contributed by atoms with E-state index in [1.807, 2.05) is 38.8 Å². The van der Waals surface area contributed by atoms with Crippen molar-refractivity contribution in [1.82, 2.24) is 30.6 Å². The van der Waals surface area contributed by atoms with Gasteiger partial charge in [0.25, 0.3) is 0 Å². The largest absolute Gasteiger partial charge is 0.337 e. The number of carbonyl (C=O) groups excluding carboxylic acids is 1.